The topological polar surface area (TPSA) is 101 Å². The van der Waals surface area contributed by atoms with Gasteiger partial charge in [-0.1, -0.05) is 16.9 Å². The maximum Gasteiger partial charge on any atom is 0.303 e. The number of aliphatic carboxylic acids is 1. The number of carboxylic acid groups (broad SMARTS) is 1. The van der Waals surface area contributed by atoms with E-state index in [2.05, 4.69) is 15.5 Å². The van der Waals surface area contributed by atoms with E-state index in [9.17, 15) is 9.59 Å². The highest BCUT2D eigenvalue weighted by atomic mass is 33.1. The molecule has 0 spiro atoms. The van der Waals surface area contributed by atoms with Crippen LogP contribution in [0.15, 0.2) is 58.8 Å². The molecule has 0 aliphatic heterocycles. The van der Waals surface area contributed by atoms with Crippen LogP contribution in [0.5, 0.6) is 5.75 Å². The Labute approximate surface area is 177 Å². The second kappa shape index (κ2) is 12.8. The van der Waals surface area contributed by atoms with Crippen molar-refractivity contribution in [2.45, 2.75) is 31.2 Å². The van der Waals surface area contributed by atoms with Gasteiger partial charge in [0.25, 0.3) is 0 Å². The molecule has 0 aliphatic carbocycles. The van der Waals surface area contributed by atoms with Crippen LogP contribution in [-0.4, -0.2) is 40.0 Å². The number of carbonyl (C=O) groups excluding carboxylic acids is 1. The van der Waals surface area contributed by atoms with E-state index in [-0.39, 0.29) is 12.3 Å². The van der Waals surface area contributed by atoms with E-state index in [4.69, 9.17) is 9.84 Å². The Morgan fingerprint density at radius 3 is 2.66 bits per heavy atom. The summed E-state index contributed by atoms with van der Waals surface area (Å²) in [6, 6.07) is 13.0. The summed E-state index contributed by atoms with van der Waals surface area (Å²) < 4.78 is 5.49. The molecule has 2 N–H and O–H groups in total. The standard InChI is InChI=1S/C20H23N3O4S2/c1-15(16-7-9-17(10-8-16)27-13-4-6-20(25)26)22-23-18(24)11-14-28-29-19-5-2-3-12-21-19/h2-3,5,7-10,12H,4,6,11,13-14H2,1H3,(H,23,24)(H,25,26). The predicted molar refractivity (Wildman–Crippen MR) is 116 cm³/mol. The molecule has 154 valence electrons. The molecule has 0 fully saturated rings. The minimum Gasteiger partial charge on any atom is -0.494 e. The van der Waals surface area contributed by atoms with Crippen LogP contribution in [0.25, 0.3) is 0 Å². The van der Waals surface area contributed by atoms with Crippen molar-refractivity contribution in [3.8, 4) is 5.75 Å². The van der Waals surface area contributed by atoms with Crippen LogP contribution in [0.4, 0.5) is 0 Å². The van der Waals surface area contributed by atoms with Crippen molar-refractivity contribution < 1.29 is 19.4 Å². The molecule has 0 saturated carbocycles. The minimum absolute atomic E-state index is 0.0872. The second-order valence-corrected chi connectivity index (χ2v) is 8.36. The van der Waals surface area contributed by atoms with E-state index in [0.29, 0.717) is 36.7 Å². The minimum atomic E-state index is -0.830. The average molecular weight is 434 g/mol. The maximum absolute atomic E-state index is 11.9. The molecule has 2 rings (SSSR count). The lowest BCUT2D eigenvalue weighted by atomic mass is 10.1. The Bertz CT molecular complexity index is 814. The summed E-state index contributed by atoms with van der Waals surface area (Å²) in [4.78, 5) is 26.6. The first-order valence-electron chi connectivity index (χ1n) is 9.03. The van der Waals surface area contributed by atoms with E-state index in [0.717, 1.165) is 10.6 Å². The fourth-order valence-electron chi connectivity index (χ4n) is 2.11. The Balaban J connectivity index is 1.68. The molecule has 0 atom stereocenters. The number of hydrogen-bond acceptors (Lipinski definition) is 7. The molecule has 0 bridgehead atoms. The highest BCUT2D eigenvalue weighted by Crippen LogP contribution is 2.29. The van der Waals surface area contributed by atoms with Gasteiger partial charge in [0, 0.05) is 24.8 Å². The molecule has 0 radical (unpaired) electrons. The number of rotatable bonds is 12. The highest BCUT2D eigenvalue weighted by Gasteiger charge is 2.04. The third kappa shape index (κ3) is 9.49. The summed E-state index contributed by atoms with van der Waals surface area (Å²) in [6.45, 7) is 2.17. The average Bonchev–Trinajstić information content (AvgIpc) is 2.73. The van der Waals surface area contributed by atoms with Gasteiger partial charge in [0.05, 0.1) is 12.3 Å². The molecule has 0 unspecified atom stereocenters. The number of carbonyl (C=O) groups is 2. The molecule has 7 nitrogen and oxygen atoms in total. The normalized spacial score (nSPS) is 11.1. The number of amides is 1. The molecular formula is C20H23N3O4S2. The summed E-state index contributed by atoms with van der Waals surface area (Å²) in [6.07, 6.45) is 2.65. The number of aromatic nitrogens is 1. The van der Waals surface area contributed by atoms with Crippen molar-refractivity contribution in [2.75, 3.05) is 12.4 Å². The van der Waals surface area contributed by atoms with Crippen LogP contribution in [0.1, 0.15) is 31.7 Å². The van der Waals surface area contributed by atoms with Gasteiger partial charge < -0.3 is 9.84 Å². The van der Waals surface area contributed by atoms with Gasteiger partial charge in [-0.2, -0.15) is 5.10 Å². The predicted octanol–water partition coefficient (Wildman–Crippen LogP) is 4.00. The van der Waals surface area contributed by atoms with Gasteiger partial charge in [-0.05, 0) is 66.1 Å². The number of hydrogen-bond donors (Lipinski definition) is 2. The summed E-state index contributed by atoms with van der Waals surface area (Å²) >= 11 is 0. The fourth-order valence-corrected chi connectivity index (χ4v) is 3.97. The van der Waals surface area contributed by atoms with Crippen molar-refractivity contribution >= 4 is 39.2 Å². The number of pyridine rings is 1. The Kier molecular flexibility index (Phi) is 10.1. The van der Waals surface area contributed by atoms with E-state index >= 15 is 0 Å². The number of benzene rings is 1. The Morgan fingerprint density at radius 2 is 1.97 bits per heavy atom. The fraction of sp³-hybridized carbons (Fsp3) is 0.300. The second-order valence-electron chi connectivity index (χ2n) is 5.93. The number of carboxylic acids is 1. The third-order valence-corrected chi connectivity index (χ3v) is 5.89. The van der Waals surface area contributed by atoms with Crippen LogP contribution in [0.3, 0.4) is 0 Å². The van der Waals surface area contributed by atoms with Crippen LogP contribution < -0.4 is 10.2 Å². The van der Waals surface area contributed by atoms with Crippen LogP contribution >= 0.6 is 21.6 Å². The summed E-state index contributed by atoms with van der Waals surface area (Å²) in [5.74, 6) is 0.355. The molecule has 1 heterocycles. The summed E-state index contributed by atoms with van der Waals surface area (Å²) in [5, 5.41) is 13.7. The maximum atomic E-state index is 11.9. The van der Waals surface area contributed by atoms with Crippen LogP contribution in [-0.2, 0) is 9.59 Å². The van der Waals surface area contributed by atoms with E-state index in [1.54, 1.807) is 39.9 Å². The van der Waals surface area contributed by atoms with Crippen molar-refractivity contribution in [1.82, 2.24) is 10.4 Å². The zero-order chi connectivity index (χ0) is 20.9. The first-order valence-corrected chi connectivity index (χ1v) is 11.3. The largest absolute Gasteiger partial charge is 0.494 e. The van der Waals surface area contributed by atoms with Crippen molar-refractivity contribution in [3.05, 3.63) is 54.2 Å². The van der Waals surface area contributed by atoms with Crippen molar-refractivity contribution in [2.24, 2.45) is 5.10 Å². The first-order chi connectivity index (χ1) is 14.0. The molecule has 1 aromatic carbocycles. The highest BCUT2D eigenvalue weighted by molar-refractivity contribution is 8.76. The van der Waals surface area contributed by atoms with Crippen LogP contribution in [0.2, 0.25) is 0 Å². The first kappa shape index (κ1) is 22.8. The lowest BCUT2D eigenvalue weighted by Gasteiger charge is -2.07. The van der Waals surface area contributed by atoms with E-state index in [1.165, 1.54) is 0 Å². The molecule has 9 heteroatoms. The number of nitrogens with zero attached hydrogens (tertiary/aromatic N) is 2. The lowest BCUT2D eigenvalue weighted by Crippen LogP contribution is -2.19. The number of hydrazone groups is 1. The molecule has 2 aromatic rings. The molecule has 0 saturated heterocycles. The van der Waals surface area contributed by atoms with Gasteiger partial charge in [0.2, 0.25) is 5.91 Å². The Morgan fingerprint density at radius 1 is 1.17 bits per heavy atom. The molecule has 1 aromatic heterocycles. The molecule has 0 aliphatic rings. The van der Waals surface area contributed by atoms with Gasteiger partial charge in [0.15, 0.2) is 0 Å². The van der Waals surface area contributed by atoms with Gasteiger partial charge in [-0.15, -0.1) is 0 Å². The number of nitrogens with one attached hydrogen (secondary N) is 1. The van der Waals surface area contributed by atoms with Gasteiger partial charge in [-0.25, -0.2) is 10.4 Å². The quantitative estimate of drug-likeness (QED) is 0.226. The zero-order valence-electron chi connectivity index (χ0n) is 16.0. The van der Waals surface area contributed by atoms with Crippen molar-refractivity contribution in [3.63, 3.8) is 0 Å². The number of ether oxygens (including phenoxy) is 1. The van der Waals surface area contributed by atoms with Crippen LogP contribution in [0, 0.1) is 0 Å². The molecule has 1 amide bonds. The molecule has 29 heavy (non-hydrogen) atoms. The van der Waals surface area contributed by atoms with Gasteiger partial charge in [-0.3, -0.25) is 9.59 Å². The summed E-state index contributed by atoms with van der Waals surface area (Å²) in [5.41, 5.74) is 4.12. The van der Waals surface area contributed by atoms with Crippen molar-refractivity contribution in [1.29, 1.82) is 0 Å². The summed E-state index contributed by atoms with van der Waals surface area (Å²) in [7, 11) is 3.12. The third-order valence-electron chi connectivity index (χ3n) is 3.62. The van der Waals surface area contributed by atoms with E-state index in [1.807, 2.05) is 37.3 Å². The molecular weight excluding hydrogens is 410 g/mol. The monoisotopic (exact) mass is 433 g/mol. The zero-order valence-corrected chi connectivity index (χ0v) is 17.7. The lowest BCUT2D eigenvalue weighted by molar-refractivity contribution is -0.137. The smallest absolute Gasteiger partial charge is 0.303 e. The Hall–Kier alpha value is -2.52. The van der Waals surface area contributed by atoms with E-state index < -0.39 is 5.97 Å². The van der Waals surface area contributed by atoms with Gasteiger partial charge in [0.1, 0.15) is 10.8 Å². The SMILES string of the molecule is CC(=NNC(=O)CCSSc1ccccn1)c1ccc(OCCCC(=O)O)cc1. The van der Waals surface area contributed by atoms with Gasteiger partial charge >= 0.3 is 5.97 Å².